The second-order valence-corrected chi connectivity index (χ2v) is 5.83. The molecule has 116 valence electrons. The van der Waals surface area contributed by atoms with E-state index in [1.807, 2.05) is 0 Å². The molecule has 23 heavy (non-hydrogen) atoms. The molecule has 0 unspecified atom stereocenters. The van der Waals surface area contributed by atoms with Gasteiger partial charge in [-0.2, -0.15) is 0 Å². The molecule has 0 saturated carbocycles. The average molecular weight is 349 g/mol. The fraction of sp³-hybridized carbons (Fsp3) is 0.0588. The summed E-state index contributed by atoms with van der Waals surface area (Å²) in [7, 11) is 0. The van der Waals surface area contributed by atoms with Gasteiger partial charge in [0.1, 0.15) is 5.82 Å². The van der Waals surface area contributed by atoms with Crippen LogP contribution in [0.4, 0.5) is 4.39 Å². The molecule has 1 aromatic heterocycles. The summed E-state index contributed by atoms with van der Waals surface area (Å²) in [4.78, 5) is 16.5. The van der Waals surface area contributed by atoms with Crippen LogP contribution in [0.1, 0.15) is 5.56 Å². The lowest BCUT2D eigenvalue weighted by molar-refractivity contribution is 0.628. The fourth-order valence-electron chi connectivity index (χ4n) is 2.16. The quantitative estimate of drug-likeness (QED) is 0.702. The van der Waals surface area contributed by atoms with Crippen LogP contribution >= 0.6 is 23.2 Å². The summed E-state index contributed by atoms with van der Waals surface area (Å²) in [6, 6.07) is 12.3. The second kappa shape index (κ2) is 6.52. The smallest absolute Gasteiger partial charge is 0.254 e. The van der Waals surface area contributed by atoms with E-state index < -0.39 is 0 Å². The van der Waals surface area contributed by atoms with Crippen molar-refractivity contribution in [2.24, 2.45) is 0 Å². The van der Waals surface area contributed by atoms with Gasteiger partial charge < -0.3 is 0 Å². The molecule has 0 amide bonds. The topological polar surface area (TPSA) is 34.9 Å². The van der Waals surface area contributed by atoms with Crippen molar-refractivity contribution in [2.45, 2.75) is 6.54 Å². The number of nitrogens with zero attached hydrogens (tertiary/aromatic N) is 2. The van der Waals surface area contributed by atoms with Crippen molar-refractivity contribution in [3.8, 4) is 11.3 Å². The first-order valence-corrected chi connectivity index (χ1v) is 7.55. The van der Waals surface area contributed by atoms with Gasteiger partial charge in [0.25, 0.3) is 5.56 Å². The fourth-order valence-corrected chi connectivity index (χ4v) is 2.62. The van der Waals surface area contributed by atoms with Crippen LogP contribution in [-0.4, -0.2) is 9.55 Å². The SMILES string of the molecule is O=c1cc(-c2ccc(F)cc2)ncn1Cc1ccc(Cl)cc1Cl. The van der Waals surface area contributed by atoms with Crippen LogP contribution < -0.4 is 5.56 Å². The molecule has 0 saturated heterocycles. The van der Waals surface area contributed by atoms with E-state index in [0.717, 1.165) is 5.56 Å². The van der Waals surface area contributed by atoms with Gasteiger partial charge in [0.2, 0.25) is 0 Å². The van der Waals surface area contributed by atoms with E-state index in [4.69, 9.17) is 23.2 Å². The van der Waals surface area contributed by atoms with Gasteiger partial charge in [-0.15, -0.1) is 0 Å². The Morgan fingerprint density at radius 1 is 1.04 bits per heavy atom. The molecule has 0 fully saturated rings. The van der Waals surface area contributed by atoms with Gasteiger partial charge in [0.05, 0.1) is 18.6 Å². The summed E-state index contributed by atoms with van der Waals surface area (Å²) >= 11 is 12.0. The number of rotatable bonds is 3. The largest absolute Gasteiger partial charge is 0.295 e. The van der Waals surface area contributed by atoms with Crippen LogP contribution in [0.2, 0.25) is 10.0 Å². The number of halogens is 3. The summed E-state index contributed by atoms with van der Waals surface area (Å²) in [5.41, 5.74) is 1.73. The highest BCUT2D eigenvalue weighted by Gasteiger charge is 2.06. The molecular formula is C17H11Cl2FN2O. The van der Waals surface area contributed by atoms with E-state index in [2.05, 4.69) is 4.98 Å². The minimum Gasteiger partial charge on any atom is -0.295 e. The predicted molar refractivity (Wildman–Crippen MR) is 89.5 cm³/mol. The van der Waals surface area contributed by atoms with Crippen molar-refractivity contribution in [3.05, 3.63) is 86.6 Å². The monoisotopic (exact) mass is 348 g/mol. The van der Waals surface area contributed by atoms with Crippen molar-refractivity contribution in [1.82, 2.24) is 9.55 Å². The molecule has 0 N–H and O–H groups in total. The van der Waals surface area contributed by atoms with Crippen molar-refractivity contribution >= 4 is 23.2 Å². The maximum absolute atomic E-state index is 12.9. The van der Waals surface area contributed by atoms with Crippen LogP contribution in [-0.2, 0) is 6.54 Å². The predicted octanol–water partition coefficient (Wildman–Crippen LogP) is 4.40. The number of aromatic nitrogens is 2. The highest BCUT2D eigenvalue weighted by Crippen LogP contribution is 2.21. The Morgan fingerprint density at radius 2 is 1.78 bits per heavy atom. The zero-order valence-corrected chi connectivity index (χ0v) is 13.4. The summed E-state index contributed by atoms with van der Waals surface area (Å²) in [6.45, 7) is 0.297. The van der Waals surface area contributed by atoms with Crippen molar-refractivity contribution < 1.29 is 4.39 Å². The van der Waals surface area contributed by atoms with E-state index in [-0.39, 0.29) is 11.4 Å². The second-order valence-electron chi connectivity index (χ2n) is 4.98. The van der Waals surface area contributed by atoms with Crippen molar-refractivity contribution in [1.29, 1.82) is 0 Å². The third kappa shape index (κ3) is 3.60. The van der Waals surface area contributed by atoms with Crippen LogP contribution in [0.15, 0.2) is 59.7 Å². The first kappa shape index (κ1) is 15.7. The lowest BCUT2D eigenvalue weighted by atomic mass is 10.1. The average Bonchev–Trinajstić information content (AvgIpc) is 2.52. The van der Waals surface area contributed by atoms with Crippen LogP contribution in [0.3, 0.4) is 0 Å². The van der Waals surface area contributed by atoms with Crippen molar-refractivity contribution in [2.75, 3.05) is 0 Å². The van der Waals surface area contributed by atoms with E-state index in [1.54, 1.807) is 30.3 Å². The Balaban J connectivity index is 1.90. The molecule has 2 aromatic carbocycles. The van der Waals surface area contributed by atoms with Gasteiger partial charge in [0, 0.05) is 21.7 Å². The van der Waals surface area contributed by atoms with Crippen LogP contribution in [0.25, 0.3) is 11.3 Å². The molecule has 3 rings (SSSR count). The van der Waals surface area contributed by atoms with E-state index in [1.165, 1.54) is 29.1 Å². The molecule has 0 bridgehead atoms. The molecule has 0 radical (unpaired) electrons. The maximum atomic E-state index is 12.9. The third-order valence-corrected chi connectivity index (χ3v) is 3.96. The van der Waals surface area contributed by atoms with Crippen molar-refractivity contribution in [3.63, 3.8) is 0 Å². The minimum atomic E-state index is -0.334. The molecule has 0 aliphatic rings. The van der Waals surface area contributed by atoms with Gasteiger partial charge in [0.15, 0.2) is 0 Å². The molecule has 0 spiro atoms. The lowest BCUT2D eigenvalue weighted by Crippen LogP contribution is -2.20. The Hall–Kier alpha value is -2.17. The Kier molecular flexibility index (Phi) is 4.46. The lowest BCUT2D eigenvalue weighted by Gasteiger charge is -2.08. The Morgan fingerprint density at radius 3 is 2.43 bits per heavy atom. The molecule has 0 aliphatic heterocycles. The Labute approximate surface area is 141 Å². The summed E-state index contributed by atoms with van der Waals surface area (Å²) in [5.74, 6) is -0.334. The molecule has 3 aromatic rings. The van der Waals surface area contributed by atoms with Gasteiger partial charge >= 0.3 is 0 Å². The zero-order chi connectivity index (χ0) is 16.4. The molecule has 0 atom stereocenters. The highest BCUT2D eigenvalue weighted by atomic mass is 35.5. The minimum absolute atomic E-state index is 0.217. The normalized spacial score (nSPS) is 10.7. The standard InChI is InChI=1S/C17H11Cl2FN2O/c18-13-4-1-12(15(19)7-13)9-22-10-21-16(8-17(22)23)11-2-5-14(20)6-3-11/h1-8,10H,9H2. The van der Waals surface area contributed by atoms with Gasteiger partial charge in [-0.3, -0.25) is 9.36 Å². The zero-order valence-electron chi connectivity index (χ0n) is 11.8. The van der Waals surface area contributed by atoms with E-state index >= 15 is 0 Å². The van der Waals surface area contributed by atoms with Crippen LogP contribution in [0.5, 0.6) is 0 Å². The van der Waals surface area contributed by atoms with E-state index in [9.17, 15) is 9.18 Å². The highest BCUT2D eigenvalue weighted by molar-refractivity contribution is 6.35. The summed E-state index contributed by atoms with van der Waals surface area (Å²) < 4.78 is 14.4. The number of hydrogen-bond donors (Lipinski definition) is 0. The van der Waals surface area contributed by atoms with Gasteiger partial charge in [-0.1, -0.05) is 29.3 Å². The molecular weight excluding hydrogens is 338 g/mol. The summed E-state index contributed by atoms with van der Waals surface area (Å²) in [5, 5.41) is 1.03. The maximum Gasteiger partial charge on any atom is 0.254 e. The molecule has 6 heteroatoms. The number of benzene rings is 2. The van der Waals surface area contributed by atoms with Gasteiger partial charge in [-0.25, -0.2) is 9.37 Å². The molecule has 1 heterocycles. The number of hydrogen-bond acceptors (Lipinski definition) is 2. The molecule has 3 nitrogen and oxygen atoms in total. The third-order valence-electron chi connectivity index (χ3n) is 3.38. The Bertz CT molecular complexity index is 907. The van der Waals surface area contributed by atoms with Gasteiger partial charge in [-0.05, 0) is 42.0 Å². The first-order valence-electron chi connectivity index (χ1n) is 6.79. The first-order chi connectivity index (χ1) is 11.0. The van der Waals surface area contributed by atoms with E-state index in [0.29, 0.717) is 27.8 Å². The summed E-state index contributed by atoms with van der Waals surface area (Å²) in [6.07, 6.45) is 1.45. The molecule has 0 aliphatic carbocycles. The van der Waals surface area contributed by atoms with Crippen LogP contribution in [0, 0.1) is 5.82 Å².